The van der Waals surface area contributed by atoms with Crippen LogP contribution in [0.5, 0.6) is 11.5 Å². The number of methoxy groups -OCH3 is 1. The molecule has 0 saturated carbocycles. The maximum absolute atomic E-state index is 6.39. The molecule has 3 rings (SSSR count). The normalized spacial score (nSPS) is 17.8. The monoisotopic (exact) mass is 328 g/mol. The Hall–Kier alpha value is -2.31. The van der Waals surface area contributed by atoms with Crippen LogP contribution in [0.15, 0.2) is 48.7 Å². The zero-order valence-electron chi connectivity index (χ0n) is 14.2. The van der Waals surface area contributed by atoms with Gasteiger partial charge in [0.15, 0.2) is 11.5 Å². The van der Waals surface area contributed by atoms with Gasteiger partial charge < -0.3 is 20.1 Å². The van der Waals surface area contributed by atoms with Crippen molar-refractivity contribution in [2.24, 2.45) is 0 Å². The molecular formula is C18H24N4O2. The summed E-state index contributed by atoms with van der Waals surface area (Å²) in [6, 6.07) is 13.5. The molecule has 1 saturated heterocycles. The van der Waals surface area contributed by atoms with E-state index in [1.165, 1.54) is 0 Å². The second-order valence-electron chi connectivity index (χ2n) is 5.81. The first kappa shape index (κ1) is 16.5. The number of benzene rings is 1. The van der Waals surface area contributed by atoms with Crippen molar-refractivity contribution in [2.75, 3.05) is 38.6 Å². The fourth-order valence-electron chi connectivity index (χ4n) is 2.85. The van der Waals surface area contributed by atoms with Crippen molar-refractivity contribution < 1.29 is 9.47 Å². The lowest BCUT2D eigenvalue weighted by Gasteiger charge is -2.43. The number of para-hydroxylation sites is 2. The van der Waals surface area contributed by atoms with Gasteiger partial charge in [-0.05, 0) is 24.3 Å². The van der Waals surface area contributed by atoms with Gasteiger partial charge in [-0.25, -0.2) is 9.88 Å². The molecule has 1 aliphatic rings. The van der Waals surface area contributed by atoms with Crippen LogP contribution in [-0.4, -0.2) is 49.0 Å². The fraction of sp³-hybridized carbons (Fsp3) is 0.389. The molecule has 6 heteroatoms. The topological polar surface area (TPSA) is 58.7 Å². The van der Waals surface area contributed by atoms with Crippen molar-refractivity contribution in [1.82, 2.24) is 15.2 Å². The number of nitrogens with zero attached hydrogens (tertiary/aromatic N) is 2. The number of piperazine rings is 1. The van der Waals surface area contributed by atoms with Gasteiger partial charge in [0.25, 0.3) is 0 Å². The molecule has 0 unspecified atom stereocenters. The second-order valence-corrected chi connectivity index (χ2v) is 5.81. The van der Waals surface area contributed by atoms with Crippen LogP contribution in [0.1, 0.15) is 6.92 Å². The number of anilines is 1. The molecule has 1 aromatic carbocycles. The highest BCUT2D eigenvalue weighted by molar-refractivity contribution is 5.41. The Labute approximate surface area is 142 Å². The van der Waals surface area contributed by atoms with E-state index in [9.17, 15) is 0 Å². The van der Waals surface area contributed by atoms with Crippen molar-refractivity contribution in [3.63, 3.8) is 0 Å². The Balaban J connectivity index is 1.88. The Bertz CT molecular complexity index is 646. The van der Waals surface area contributed by atoms with E-state index < -0.39 is 5.85 Å². The minimum atomic E-state index is -0.731. The van der Waals surface area contributed by atoms with Gasteiger partial charge in [0.2, 0.25) is 5.85 Å². The van der Waals surface area contributed by atoms with E-state index in [1.807, 2.05) is 49.4 Å². The number of hydrogen-bond donors (Lipinski definition) is 2. The fourth-order valence-corrected chi connectivity index (χ4v) is 2.85. The summed E-state index contributed by atoms with van der Waals surface area (Å²) in [7, 11) is 1.65. The Kier molecular flexibility index (Phi) is 5.17. The highest BCUT2D eigenvalue weighted by Gasteiger charge is 2.36. The first-order valence-corrected chi connectivity index (χ1v) is 8.18. The van der Waals surface area contributed by atoms with E-state index in [2.05, 4.69) is 20.5 Å². The van der Waals surface area contributed by atoms with Crippen LogP contribution >= 0.6 is 0 Å². The molecule has 0 aliphatic carbocycles. The van der Waals surface area contributed by atoms with Gasteiger partial charge in [0.05, 0.1) is 7.11 Å². The van der Waals surface area contributed by atoms with Crippen LogP contribution in [0.25, 0.3) is 0 Å². The number of nitrogens with one attached hydrogen (secondary N) is 2. The molecule has 0 radical (unpaired) electrons. The van der Waals surface area contributed by atoms with E-state index in [4.69, 9.17) is 9.47 Å². The standard InChI is InChI=1S/C18H24N4O2/c1-18(22-13-11-19-12-14-22,21-17-9-5-6-10-20-17)24-16-8-4-3-7-15(16)23-2/h3-10,19H,11-14H2,1-2H3,(H,20,21)/t18-/m0/s1. The molecule has 1 atom stereocenters. The highest BCUT2D eigenvalue weighted by atomic mass is 16.6. The summed E-state index contributed by atoms with van der Waals surface area (Å²) in [4.78, 5) is 6.65. The highest BCUT2D eigenvalue weighted by Crippen LogP contribution is 2.31. The average Bonchev–Trinajstić information content (AvgIpc) is 2.64. The molecule has 2 aromatic rings. The van der Waals surface area contributed by atoms with Crippen LogP contribution in [-0.2, 0) is 0 Å². The number of hydrogen-bond acceptors (Lipinski definition) is 6. The summed E-state index contributed by atoms with van der Waals surface area (Å²) in [5, 5.41) is 6.81. The third kappa shape index (κ3) is 3.77. The maximum atomic E-state index is 6.39. The molecule has 128 valence electrons. The first-order valence-electron chi connectivity index (χ1n) is 8.18. The lowest BCUT2D eigenvalue weighted by Crippen LogP contribution is -2.61. The van der Waals surface area contributed by atoms with E-state index in [0.29, 0.717) is 11.5 Å². The summed E-state index contributed by atoms with van der Waals surface area (Å²) >= 11 is 0. The third-order valence-electron chi connectivity index (χ3n) is 4.12. The number of aromatic nitrogens is 1. The predicted octanol–water partition coefficient (Wildman–Crippen LogP) is 2.16. The van der Waals surface area contributed by atoms with Crippen molar-refractivity contribution in [3.05, 3.63) is 48.7 Å². The number of rotatable bonds is 6. The summed E-state index contributed by atoms with van der Waals surface area (Å²) in [6.45, 7) is 5.64. The van der Waals surface area contributed by atoms with Crippen LogP contribution < -0.4 is 20.1 Å². The van der Waals surface area contributed by atoms with Gasteiger partial charge in [-0.3, -0.25) is 0 Å². The van der Waals surface area contributed by atoms with Crippen LogP contribution in [0.4, 0.5) is 5.82 Å². The lowest BCUT2D eigenvalue weighted by atomic mass is 10.2. The van der Waals surface area contributed by atoms with E-state index in [-0.39, 0.29) is 0 Å². The summed E-state index contributed by atoms with van der Waals surface area (Å²) in [5.74, 6) is 1.45. The largest absolute Gasteiger partial charge is 0.493 e. The zero-order valence-corrected chi connectivity index (χ0v) is 14.2. The molecule has 1 aliphatic heterocycles. The summed E-state index contributed by atoms with van der Waals surface area (Å²) in [6.07, 6.45) is 1.77. The first-order chi connectivity index (χ1) is 11.7. The van der Waals surface area contributed by atoms with Crippen LogP contribution in [0.2, 0.25) is 0 Å². The van der Waals surface area contributed by atoms with Gasteiger partial charge in [0.1, 0.15) is 5.82 Å². The Morgan fingerprint density at radius 3 is 2.46 bits per heavy atom. The van der Waals surface area contributed by atoms with Crippen molar-refractivity contribution >= 4 is 5.82 Å². The molecule has 2 heterocycles. The van der Waals surface area contributed by atoms with Crippen LogP contribution in [0.3, 0.4) is 0 Å². The quantitative estimate of drug-likeness (QED) is 0.793. The van der Waals surface area contributed by atoms with Gasteiger partial charge in [-0.2, -0.15) is 0 Å². The minimum Gasteiger partial charge on any atom is -0.493 e. The lowest BCUT2D eigenvalue weighted by molar-refractivity contribution is -0.0546. The molecule has 2 N–H and O–H groups in total. The smallest absolute Gasteiger partial charge is 0.239 e. The van der Waals surface area contributed by atoms with E-state index >= 15 is 0 Å². The molecule has 1 aromatic heterocycles. The third-order valence-corrected chi connectivity index (χ3v) is 4.12. The Morgan fingerprint density at radius 1 is 1.08 bits per heavy atom. The summed E-state index contributed by atoms with van der Waals surface area (Å²) in [5.41, 5.74) is 0. The van der Waals surface area contributed by atoms with E-state index in [1.54, 1.807) is 13.3 Å². The number of ether oxygens (including phenoxy) is 2. The summed E-state index contributed by atoms with van der Waals surface area (Å²) < 4.78 is 11.8. The average molecular weight is 328 g/mol. The molecule has 6 nitrogen and oxygen atoms in total. The molecule has 24 heavy (non-hydrogen) atoms. The minimum absolute atomic E-state index is 0.699. The zero-order chi connectivity index (χ0) is 16.8. The van der Waals surface area contributed by atoms with E-state index in [0.717, 1.165) is 32.0 Å². The SMILES string of the molecule is COc1ccccc1O[C@@](C)(Nc1ccccn1)N1CCNCC1. The van der Waals surface area contributed by atoms with Gasteiger partial charge in [-0.15, -0.1) is 0 Å². The molecule has 0 amide bonds. The van der Waals surface area contributed by atoms with Gasteiger partial charge >= 0.3 is 0 Å². The number of pyridine rings is 1. The van der Waals surface area contributed by atoms with Crippen molar-refractivity contribution in [3.8, 4) is 11.5 Å². The molecule has 1 fully saturated rings. The predicted molar refractivity (Wildman–Crippen MR) is 94.3 cm³/mol. The van der Waals surface area contributed by atoms with Gasteiger partial charge in [-0.1, -0.05) is 18.2 Å². The maximum Gasteiger partial charge on any atom is 0.239 e. The van der Waals surface area contributed by atoms with Crippen LogP contribution in [0, 0.1) is 0 Å². The van der Waals surface area contributed by atoms with Crippen molar-refractivity contribution in [2.45, 2.75) is 12.8 Å². The van der Waals surface area contributed by atoms with Gasteiger partial charge in [0, 0.05) is 39.3 Å². The Morgan fingerprint density at radius 2 is 1.79 bits per heavy atom. The van der Waals surface area contributed by atoms with Crippen molar-refractivity contribution in [1.29, 1.82) is 0 Å². The molecular weight excluding hydrogens is 304 g/mol. The second kappa shape index (κ2) is 7.51. The molecule has 0 bridgehead atoms. The molecule has 0 spiro atoms.